The second kappa shape index (κ2) is 1.43. The molecule has 2 aliphatic rings. The van der Waals surface area contributed by atoms with Crippen molar-refractivity contribution >= 4 is 0 Å². The summed E-state index contributed by atoms with van der Waals surface area (Å²) in [4.78, 5) is 0. The van der Waals surface area contributed by atoms with E-state index in [1.807, 2.05) is 0 Å². The molecule has 2 rings (SSSR count). The number of fused-ring (bicyclic) bond motifs is 1. The van der Waals surface area contributed by atoms with E-state index in [9.17, 15) is 0 Å². The number of aliphatic hydroxyl groups excluding tert-OH is 1. The number of aliphatic hydroxyl groups is 1. The molecule has 2 aliphatic heterocycles. The summed E-state index contributed by atoms with van der Waals surface area (Å²) in [5.41, 5.74) is 0. The Kier molecular flexibility index (Phi) is 0.848. The van der Waals surface area contributed by atoms with Crippen molar-refractivity contribution < 1.29 is 9.84 Å². The summed E-state index contributed by atoms with van der Waals surface area (Å²) in [5.74, 6) is 0. The van der Waals surface area contributed by atoms with Crippen molar-refractivity contribution in [3.05, 3.63) is 0 Å². The van der Waals surface area contributed by atoms with Gasteiger partial charge in [0.2, 0.25) is 0 Å². The van der Waals surface area contributed by atoms with Crippen LogP contribution >= 0.6 is 0 Å². The monoisotopic (exact) mass is 115 g/mol. The Morgan fingerprint density at radius 2 is 2.62 bits per heavy atom. The molecule has 3 atom stereocenters. The van der Waals surface area contributed by atoms with Gasteiger partial charge < -0.3 is 15.2 Å². The van der Waals surface area contributed by atoms with Gasteiger partial charge in [-0.1, -0.05) is 0 Å². The van der Waals surface area contributed by atoms with Gasteiger partial charge >= 0.3 is 0 Å². The first-order chi connectivity index (χ1) is 3.92. The summed E-state index contributed by atoms with van der Waals surface area (Å²) in [6, 6.07) is 1.03. The molecule has 3 heteroatoms. The predicted octanol–water partition coefficient (Wildman–Crippen LogP) is -1.28. The van der Waals surface area contributed by atoms with Crippen LogP contribution in [0.2, 0.25) is 0 Å². The van der Waals surface area contributed by atoms with E-state index in [2.05, 4.69) is 5.32 Å². The zero-order chi connectivity index (χ0) is 5.56. The van der Waals surface area contributed by atoms with Crippen molar-refractivity contribution in [2.75, 3.05) is 13.2 Å². The Morgan fingerprint density at radius 3 is 2.88 bits per heavy atom. The van der Waals surface area contributed by atoms with E-state index in [1.165, 1.54) is 0 Å². The lowest BCUT2D eigenvalue weighted by Gasteiger charge is -2.05. The van der Waals surface area contributed by atoms with Gasteiger partial charge in [-0.05, 0) is 0 Å². The van der Waals surface area contributed by atoms with Crippen LogP contribution in [0.4, 0.5) is 0 Å². The van der Waals surface area contributed by atoms with E-state index in [-0.39, 0.29) is 12.7 Å². The van der Waals surface area contributed by atoms with E-state index >= 15 is 0 Å². The molecule has 0 spiro atoms. The third-order valence-corrected chi connectivity index (χ3v) is 1.80. The highest BCUT2D eigenvalue weighted by atomic mass is 16.5. The zero-order valence-corrected chi connectivity index (χ0v) is 4.50. The van der Waals surface area contributed by atoms with Crippen molar-refractivity contribution in [3.63, 3.8) is 0 Å². The van der Waals surface area contributed by atoms with E-state index in [0.717, 1.165) is 6.61 Å². The van der Waals surface area contributed by atoms with Crippen LogP contribution in [0, 0.1) is 0 Å². The standard InChI is InChI=1S/C5H9NO2/c7-1-4-5-3(6-5)2-8-4/h3-7H,1-2H2/t3-,4-,5-/m0/s1. The molecular weight excluding hydrogens is 106 g/mol. The molecule has 2 heterocycles. The molecule has 2 N–H and O–H groups in total. The first-order valence-corrected chi connectivity index (χ1v) is 2.90. The molecule has 3 nitrogen and oxygen atoms in total. The largest absolute Gasteiger partial charge is 0.394 e. The molecule has 0 aromatic carbocycles. The van der Waals surface area contributed by atoms with Gasteiger partial charge in [-0.25, -0.2) is 0 Å². The molecular formula is C5H9NO2. The maximum atomic E-state index is 8.60. The maximum absolute atomic E-state index is 8.60. The highest BCUT2D eigenvalue weighted by molar-refractivity contribution is 5.07. The number of ether oxygens (including phenoxy) is 1. The van der Waals surface area contributed by atoms with Crippen LogP contribution in [0.1, 0.15) is 0 Å². The number of hydrogen-bond acceptors (Lipinski definition) is 3. The highest BCUT2D eigenvalue weighted by Gasteiger charge is 2.48. The summed E-state index contributed by atoms with van der Waals surface area (Å²) in [6.45, 7) is 0.948. The van der Waals surface area contributed by atoms with Crippen LogP contribution in [-0.4, -0.2) is 36.5 Å². The van der Waals surface area contributed by atoms with Gasteiger partial charge in [0.05, 0.1) is 25.4 Å². The van der Waals surface area contributed by atoms with E-state index in [1.54, 1.807) is 0 Å². The fourth-order valence-electron chi connectivity index (χ4n) is 1.21. The summed E-state index contributed by atoms with van der Waals surface area (Å²) >= 11 is 0. The van der Waals surface area contributed by atoms with Crippen molar-refractivity contribution in [3.8, 4) is 0 Å². The molecule has 0 amide bonds. The lowest BCUT2D eigenvalue weighted by Crippen LogP contribution is -2.22. The van der Waals surface area contributed by atoms with Gasteiger partial charge in [0.1, 0.15) is 0 Å². The van der Waals surface area contributed by atoms with E-state index in [0.29, 0.717) is 12.1 Å². The van der Waals surface area contributed by atoms with Gasteiger partial charge in [-0.2, -0.15) is 0 Å². The molecule has 0 aliphatic carbocycles. The number of morpholine rings is 1. The number of rotatable bonds is 1. The lowest BCUT2D eigenvalue weighted by molar-refractivity contribution is 0.0416. The molecule has 0 bridgehead atoms. The van der Waals surface area contributed by atoms with Crippen molar-refractivity contribution in [2.24, 2.45) is 0 Å². The summed E-state index contributed by atoms with van der Waals surface area (Å²) in [6.07, 6.45) is 0.0833. The molecule has 8 heavy (non-hydrogen) atoms. The fraction of sp³-hybridized carbons (Fsp3) is 1.00. The van der Waals surface area contributed by atoms with Gasteiger partial charge in [0.15, 0.2) is 0 Å². The summed E-state index contributed by atoms with van der Waals surface area (Å²) in [5, 5.41) is 11.8. The first kappa shape index (κ1) is 4.73. The minimum atomic E-state index is 0.0833. The Hall–Kier alpha value is -0.120. The van der Waals surface area contributed by atoms with E-state index in [4.69, 9.17) is 9.84 Å². The molecule has 0 radical (unpaired) electrons. The minimum absolute atomic E-state index is 0.0833. The molecule has 0 unspecified atom stereocenters. The maximum Gasteiger partial charge on any atom is 0.0975 e. The first-order valence-electron chi connectivity index (χ1n) is 2.90. The van der Waals surface area contributed by atoms with Gasteiger partial charge in [0, 0.05) is 6.04 Å². The van der Waals surface area contributed by atoms with Crippen LogP contribution in [0.25, 0.3) is 0 Å². The molecule has 2 fully saturated rings. The zero-order valence-electron chi connectivity index (χ0n) is 4.50. The highest BCUT2D eigenvalue weighted by Crippen LogP contribution is 2.24. The molecule has 0 aromatic rings. The van der Waals surface area contributed by atoms with Gasteiger partial charge in [-0.15, -0.1) is 0 Å². The second-order valence-electron chi connectivity index (χ2n) is 2.35. The van der Waals surface area contributed by atoms with Crippen molar-refractivity contribution in [1.29, 1.82) is 0 Å². The second-order valence-corrected chi connectivity index (χ2v) is 2.35. The van der Waals surface area contributed by atoms with Gasteiger partial charge in [0.25, 0.3) is 0 Å². The van der Waals surface area contributed by atoms with Crippen LogP contribution in [0.5, 0.6) is 0 Å². The van der Waals surface area contributed by atoms with Crippen LogP contribution in [-0.2, 0) is 4.74 Å². The SMILES string of the molecule is OC[C@@H]1OC[C@@H]2N[C@@H]21. The van der Waals surface area contributed by atoms with Crippen LogP contribution < -0.4 is 5.32 Å². The molecule has 0 aromatic heterocycles. The summed E-state index contributed by atoms with van der Waals surface area (Å²) in [7, 11) is 0. The Bertz CT molecular complexity index is 107. The minimum Gasteiger partial charge on any atom is -0.394 e. The predicted molar refractivity (Wildman–Crippen MR) is 27.5 cm³/mol. The van der Waals surface area contributed by atoms with Crippen molar-refractivity contribution in [2.45, 2.75) is 18.2 Å². The average Bonchev–Trinajstić information content (AvgIpc) is 2.46. The Labute approximate surface area is 47.6 Å². The fourth-order valence-corrected chi connectivity index (χ4v) is 1.21. The number of hydrogen-bond donors (Lipinski definition) is 2. The van der Waals surface area contributed by atoms with Crippen LogP contribution in [0.15, 0.2) is 0 Å². The van der Waals surface area contributed by atoms with E-state index < -0.39 is 0 Å². The quantitative estimate of drug-likeness (QED) is 0.418. The normalized spacial score (nSPS) is 51.4. The smallest absolute Gasteiger partial charge is 0.0975 e. The van der Waals surface area contributed by atoms with Crippen molar-refractivity contribution in [1.82, 2.24) is 5.32 Å². The molecule has 2 saturated heterocycles. The third kappa shape index (κ3) is 0.491. The molecule has 0 saturated carbocycles. The third-order valence-electron chi connectivity index (χ3n) is 1.80. The van der Waals surface area contributed by atoms with Crippen LogP contribution in [0.3, 0.4) is 0 Å². The summed E-state index contributed by atoms with van der Waals surface area (Å²) < 4.78 is 5.15. The van der Waals surface area contributed by atoms with Gasteiger partial charge in [-0.3, -0.25) is 0 Å². The Balaban J connectivity index is 1.97. The molecule has 46 valence electrons. The Morgan fingerprint density at radius 1 is 1.75 bits per heavy atom. The average molecular weight is 115 g/mol. The lowest BCUT2D eigenvalue weighted by atomic mass is 10.2. The number of nitrogens with one attached hydrogen (secondary N) is 1. The topological polar surface area (TPSA) is 51.4 Å².